The lowest BCUT2D eigenvalue weighted by Crippen LogP contribution is -2.32. The smallest absolute Gasteiger partial charge is 0.262 e. The number of hydrogen-bond donors (Lipinski definition) is 2. The van der Waals surface area contributed by atoms with E-state index in [4.69, 9.17) is 4.52 Å². The number of aromatic nitrogens is 1. The molecule has 2 aliphatic heterocycles. The summed E-state index contributed by atoms with van der Waals surface area (Å²) >= 11 is 0. The van der Waals surface area contributed by atoms with E-state index in [0.29, 0.717) is 22.2 Å². The van der Waals surface area contributed by atoms with Crippen LogP contribution < -0.4 is 5.32 Å². The fourth-order valence-electron chi connectivity index (χ4n) is 4.50. The summed E-state index contributed by atoms with van der Waals surface area (Å²) in [5.41, 5.74) is 1.65. The van der Waals surface area contributed by atoms with Gasteiger partial charge >= 0.3 is 0 Å². The zero-order valence-electron chi connectivity index (χ0n) is 16.4. The highest BCUT2D eigenvalue weighted by Crippen LogP contribution is 2.45. The summed E-state index contributed by atoms with van der Waals surface area (Å²) in [5.74, 6) is -1.95. The molecule has 1 fully saturated rings. The van der Waals surface area contributed by atoms with Crippen molar-refractivity contribution in [3.63, 3.8) is 0 Å². The number of hydrogen-bond acceptors (Lipinski definition) is 6. The average molecular weight is 409 g/mol. The van der Waals surface area contributed by atoms with Crippen molar-refractivity contribution < 1.29 is 23.6 Å². The summed E-state index contributed by atoms with van der Waals surface area (Å²) in [4.78, 5) is 26.9. The van der Waals surface area contributed by atoms with Crippen molar-refractivity contribution in [2.45, 2.75) is 32.2 Å². The number of amides is 2. The van der Waals surface area contributed by atoms with Gasteiger partial charge < -0.3 is 9.63 Å². The lowest BCUT2D eigenvalue weighted by molar-refractivity contribution is 0.0879. The number of likely N-dealkylation sites (tertiary alicyclic amines) is 1. The fraction of sp³-hybridized carbons (Fsp3) is 0.318. The molecular weight excluding hydrogens is 389 g/mol. The Labute approximate surface area is 171 Å². The van der Waals surface area contributed by atoms with Gasteiger partial charge in [0.25, 0.3) is 11.8 Å². The number of piperidine rings is 1. The van der Waals surface area contributed by atoms with E-state index in [2.05, 4.69) is 15.4 Å². The third-order valence-electron chi connectivity index (χ3n) is 6.09. The number of aromatic hydroxyl groups is 1. The van der Waals surface area contributed by atoms with Gasteiger partial charge in [0.1, 0.15) is 17.3 Å². The van der Waals surface area contributed by atoms with E-state index in [1.165, 1.54) is 24.6 Å². The Kier molecular flexibility index (Phi) is 4.32. The van der Waals surface area contributed by atoms with Crippen molar-refractivity contribution in [1.29, 1.82) is 0 Å². The highest BCUT2D eigenvalue weighted by atomic mass is 19.1. The van der Waals surface area contributed by atoms with E-state index >= 15 is 0 Å². The van der Waals surface area contributed by atoms with Crippen LogP contribution in [0.15, 0.2) is 28.8 Å². The molecule has 3 aromatic rings. The summed E-state index contributed by atoms with van der Waals surface area (Å²) in [6, 6.07) is 5.57. The number of nitrogens with zero attached hydrogens (tertiary/aromatic N) is 2. The first-order chi connectivity index (χ1) is 14.5. The molecule has 1 atom stereocenters. The molecule has 8 heteroatoms. The Balaban J connectivity index is 1.76. The zero-order valence-corrected chi connectivity index (χ0v) is 16.4. The molecule has 0 aliphatic carbocycles. The van der Waals surface area contributed by atoms with Crippen LogP contribution in [0.3, 0.4) is 0 Å². The van der Waals surface area contributed by atoms with Gasteiger partial charge in [0.2, 0.25) is 0 Å². The Bertz CT molecular complexity index is 1200. The van der Waals surface area contributed by atoms with Gasteiger partial charge in [0.05, 0.1) is 22.1 Å². The molecule has 0 saturated carbocycles. The standard InChI is InChI=1S/C22H20FN3O4/c1-11(26-7-3-2-4-8-26)14-10-15-18(22(29)24-21(15)28)20(27)17(14)19-13-6-5-12(23)9-16(13)30-25-19/h5-6,9-11,27H,2-4,7-8H2,1H3,(H,24,28,29). The molecular formula is C22H20FN3O4. The summed E-state index contributed by atoms with van der Waals surface area (Å²) in [6.45, 7) is 3.80. The molecule has 2 aliphatic rings. The average Bonchev–Trinajstić information content (AvgIpc) is 3.27. The number of rotatable bonds is 3. The molecule has 0 radical (unpaired) electrons. The quantitative estimate of drug-likeness (QED) is 0.640. The maximum absolute atomic E-state index is 13.6. The number of fused-ring (bicyclic) bond motifs is 2. The monoisotopic (exact) mass is 409 g/mol. The number of nitrogens with one attached hydrogen (secondary N) is 1. The molecule has 2 amide bonds. The van der Waals surface area contributed by atoms with Crippen LogP contribution >= 0.6 is 0 Å². The minimum atomic E-state index is -0.648. The molecule has 154 valence electrons. The van der Waals surface area contributed by atoms with Gasteiger partial charge in [0.15, 0.2) is 5.58 Å². The summed E-state index contributed by atoms with van der Waals surface area (Å²) in [7, 11) is 0. The summed E-state index contributed by atoms with van der Waals surface area (Å²) in [6.07, 6.45) is 3.31. The molecule has 7 nitrogen and oxygen atoms in total. The molecule has 2 N–H and O–H groups in total. The normalized spacial score (nSPS) is 17.9. The first kappa shape index (κ1) is 18.7. The Morgan fingerprint density at radius 2 is 1.90 bits per heavy atom. The molecule has 1 aromatic heterocycles. The predicted octanol–water partition coefficient (Wildman–Crippen LogP) is 3.77. The Morgan fingerprint density at radius 1 is 1.13 bits per heavy atom. The fourth-order valence-corrected chi connectivity index (χ4v) is 4.50. The number of phenols is 1. The van der Waals surface area contributed by atoms with E-state index in [-0.39, 0.29) is 28.5 Å². The number of benzene rings is 2. The van der Waals surface area contributed by atoms with Crippen LogP contribution in [0.5, 0.6) is 5.75 Å². The van der Waals surface area contributed by atoms with Crippen LogP contribution in [-0.4, -0.2) is 40.1 Å². The minimum Gasteiger partial charge on any atom is -0.506 e. The highest BCUT2D eigenvalue weighted by Gasteiger charge is 2.36. The molecule has 0 spiro atoms. The molecule has 1 saturated heterocycles. The lowest BCUT2D eigenvalue weighted by Gasteiger charge is -2.33. The van der Waals surface area contributed by atoms with Gasteiger partial charge in [0, 0.05) is 12.1 Å². The number of carbonyl (C=O) groups excluding carboxylic acids is 2. The van der Waals surface area contributed by atoms with E-state index in [1.54, 1.807) is 6.07 Å². The second kappa shape index (κ2) is 6.91. The van der Waals surface area contributed by atoms with Gasteiger partial charge in [-0.2, -0.15) is 0 Å². The van der Waals surface area contributed by atoms with Crippen molar-refractivity contribution in [3.05, 3.63) is 46.8 Å². The van der Waals surface area contributed by atoms with Crippen LogP contribution in [0, 0.1) is 5.82 Å². The summed E-state index contributed by atoms with van der Waals surface area (Å²) in [5, 5.41) is 18.0. The molecule has 3 heterocycles. The first-order valence-corrected chi connectivity index (χ1v) is 10.0. The molecule has 1 unspecified atom stereocenters. The van der Waals surface area contributed by atoms with Crippen LogP contribution in [0.25, 0.3) is 22.2 Å². The highest BCUT2D eigenvalue weighted by molar-refractivity contribution is 6.23. The largest absolute Gasteiger partial charge is 0.506 e. The van der Waals surface area contributed by atoms with Gasteiger partial charge in [-0.25, -0.2) is 4.39 Å². The van der Waals surface area contributed by atoms with Crippen molar-refractivity contribution in [2.24, 2.45) is 0 Å². The van der Waals surface area contributed by atoms with Crippen LogP contribution in [0.1, 0.15) is 58.5 Å². The SMILES string of the molecule is CC(c1cc2c(c(O)c1-c1noc3cc(F)ccc13)C(=O)NC2=O)N1CCCCC1. The number of halogens is 1. The van der Waals surface area contributed by atoms with Crippen LogP contribution in [-0.2, 0) is 0 Å². The van der Waals surface area contributed by atoms with Gasteiger partial charge in [-0.1, -0.05) is 11.6 Å². The zero-order chi connectivity index (χ0) is 21.0. The molecule has 0 bridgehead atoms. The number of imide groups is 1. The second-order valence-electron chi connectivity index (χ2n) is 7.84. The topological polar surface area (TPSA) is 95.7 Å². The van der Waals surface area contributed by atoms with Gasteiger partial charge in [-0.15, -0.1) is 0 Å². The molecule has 30 heavy (non-hydrogen) atoms. The van der Waals surface area contributed by atoms with Crippen molar-refractivity contribution in [3.8, 4) is 17.0 Å². The minimum absolute atomic E-state index is 0.0668. The third kappa shape index (κ3) is 2.79. The Morgan fingerprint density at radius 3 is 2.67 bits per heavy atom. The maximum atomic E-state index is 13.6. The van der Waals surface area contributed by atoms with Crippen molar-refractivity contribution in [2.75, 3.05) is 13.1 Å². The van der Waals surface area contributed by atoms with E-state index in [9.17, 15) is 19.1 Å². The maximum Gasteiger partial charge on any atom is 0.262 e. The van der Waals surface area contributed by atoms with Crippen LogP contribution in [0.4, 0.5) is 4.39 Å². The van der Waals surface area contributed by atoms with Crippen molar-refractivity contribution in [1.82, 2.24) is 15.4 Å². The third-order valence-corrected chi connectivity index (χ3v) is 6.09. The van der Waals surface area contributed by atoms with E-state index in [1.807, 2.05) is 6.92 Å². The lowest BCUT2D eigenvalue weighted by atomic mass is 9.90. The van der Waals surface area contributed by atoms with E-state index in [0.717, 1.165) is 25.9 Å². The van der Waals surface area contributed by atoms with E-state index < -0.39 is 17.6 Å². The summed E-state index contributed by atoms with van der Waals surface area (Å²) < 4.78 is 18.9. The predicted molar refractivity (Wildman–Crippen MR) is 107 cm³/mol. The second-order valence-corrected chi connectivity index (χ2v) is 7.84. The first-order valence-electron chi connectivity index (χ1n) is 10.0. The van der Waals surface area contributed by atoms with Crippen LogP contribution in [0.2, 0.25) is 0 Å². The molecule has 2 aromatic carbocycles. The van der Waals surface area contributed by atoms with Gasteiger partial charge in [-0.3, -0.25) is 19.8 Å². The number of carbonyl (C=O) groups is 2. The van der Waals surface area contributed by atoms with Gasteiger partial charge in [-0.05, 0) is 56.6 Å². The molecule has 5 rings (SSSR count). The number of phenolic OH excluding ortho intramolecular Hbond substituents is 1. The van der Waals surface area contributed by atoms with Crippen molar-refractivity contribution >= 4 is 22.8 Å². The Hall–Kier alpha value is -3.26.